The van der Waals surface area contributed by atoms with Gasteiger partial charge in [0.15, 0.2) is 0 Å². The van der Waals surface area contributed by atoms with E-state index in [1.54, 1.807) is 0 Å². The standard InChI is InChI=1S/C9H18N2/c10-4-8-6-1-2-7(3-6)9(8)5-11/h6-9H,1-5,10-11H2/t6-,7+,8-,9-/m0/s1. The van der Waals surface area contributed by atoms with Crippen molar-refractivity contribution in [2.75, 3.05) is 13.1 Å². The Labute approximate surface area is 68.3 Å². The van der Waals surface area contributed by atoms with Crippen LogP contribution >= 0.6 is 0 Å². The maximum absolute atomic E-state index is 5.73. The summed E-state index contributed by atoms with van der Waals surface area (Å²) in [5.41, 5.74) is 11.5. The highest BCUT2D eigenvalue weighted by atomic mass is 14.7. The molecular weight excluding hydrogens is 136 g/mol. The molecule has 4 N–H and O–H groups in total. The average molecular weight is 154 g/mol. The van der Waals surface area contributed by atoms with Crippen LogP contribution in [-0.4, -0.2) is 13.1 Å². The number of hydrogen-bond acceptors (Lipinski definition) is 2. The van der Waals surface area contributed by atoms with Gasteiger partial charge in [-0.2, -0.15) is 0 Å². The highest BCUT2D eigenvalue weighted by Crippen LogP contribution is 2.51. The molecule has 0 amide bonds. The first-order valence-corrected chi connectivity index (χ1v) is 4.77. The Morgan fingerprint density at radius 2 is 1.36 bits per heavy atom. The minimum Gasteiger partial charge on any atom is -0.330 e. The Kier molecular flexibility index (Phi) is 1.90. The van der Waals surface area contributed by atoms with Gasteiger partial charge < -0.3 is 11.5 Å². The van der Waals surface area contributed by atoms with E-state index in [0.717, 1.165) is 36.8 Å². The summed E-state index contributed by atoms with van der Waals surface area (Å²) in [6, 6.07) is 0. The highest BCUT2D eigenvalue weighted by Gasteiger charge is 2.45. The smallest absolute Gasteiger partial charge is 0.00430 e. The average Bonchev–Trinajstić information content (AvgIpc) is 2.60. The lowest BCUT2D eigenvalue weighted by Gasteiger charge is -2.28. The molecule has 11 heavy (non-hydrogen) atoms. The summed E-state index contributed by atoms with van der Waals surface area (Å²) in [4.78, 5) is 0. The van der Waals surface area contributed by atoms with Crippen molar-refractivity contribution < 1.29 is 0 Å². The van der Waals surface area contributed by atoms with Crippen molar-refractivity contribution in [1.29, 1.82) is 0 Å². The quantitative estimate of drug-likeness (QED) is 0.611. The summed E-state index contributed by atoms with van der Waals surface area (Å²) in [6.07, 6.45) is 4.26. The number of hydrogen-bond donors (Lipinski definition) is 2. The van der Waals surface area contributed by atoms with Crippen LogP contribution in [0.4, 0.5) is 0 Å². The largest absolute Gasteiger partial charge is 0.330 e. The van der Waals surface area contributed by atoms with E-state index in [-0.39, 0.29) is 0 Å². The van der Waals surface area contributed by atoms with E-state index in [1.165, 1.54) is 19.3 Å². The van der Waals surface area contributed by atoms with Gasteiger partial charge in [-0.05, 0) is 56.0 Å². The first-order chi connectivity index (χ1) is 5.36. The lowest BCUT2D eigenvalue weighted by atomic mass is 9.79. The lowest BCUT2D eigenvalue weighted by Crippen LogP contribution is -2.33. The minimum absolute atomic E-state index is 0.763. The molecule has 0 unspecified atom stereocenters. The fourth-order valence-corrected chi connectivity index (χ4v) is 3.26. The van der Waals surface area contributed by atoms with Crippen molar-refractivity contribution in [3.05, 3.63) is 0 Å². The van der Waals surface area contributed by atoms with Crippen LogP contribution in [0.5, 0.6) is 0 Å². The number of rotatable bonds is 2. The van der Waals surface area contributed by atoms with Crippen molar-refractivity contribution in [3.63, 3.8) is 0 Å². The van der Waals surface area contributed by atoms with Gasteiger partial charge in [0.2, 0.25) is 0 Å². The fourth-order valence-electron chi connectivity index (χ4n) is 3.26. The van der Waals surface area contributed by atoms with Gasteiger partial charge in [0.05, 0.1) is 0 Å². The minimum atomic E-state index is 0.763. The second-order valence-electron chi connectivity index (χ2n) is 4.13. The van der Waals surface area contributed by atoms with Crippen LogP contribution in [-0.2, 0) is 0 Å². The predicted octanol–water partition coefficient (Wildman–Crippen LogP) is 0.566. The van der Waals surface area contributed by atoms with Crippen molar-refractivity contribution in [2.24, 2.45) is 35.1 Å². The third kappa shape index (κ3) is 1.00. The molecule has 2 aliphatic rings. The molecule has 0 aromatic rings. The maximum atomic E-state index is 5.73. The van der Waals surface area contributed by atoms with Crippen LogP contribution in [0, 0.1) is 23.7 Å². The van der Waals surface area contributed by atoms with E-state index in [4.69, 9.17) is 11.5 Å². The van der Waals surface area contributed by atoms with Gasteiger partial charge in [-0.25, -0.2) is 0 Å². The first-order valence-electron chi connectivity index (χ1n) is 4.77. The second kappa shape index (κ2) is 2.76. The van der Waals surface area contributed by atoms with Gasteiger partial charge in [-0.15, -0.1) is 0 Å². The topological polar surface area (TPSA) is 52.0 Å². The molecule has 0 aromatic carbocycles. The van der Waals surface area contributed by atoms with E-state index in [2.05, 4.69) is 0 Å². The van der Waals surface area contributed by atoms with Gasteiger partial charge in [0, 0.05) is 0 Å². The number of nitrogens with two attached hydrogens (primary N) is 2. The van der Waals surface area contributed by atoms with Gasteiger partial charge in [-0.3, -0.25) is 0 Å². The van der Waals surface area contributed by atoms with Crippen molar-refractivity contribution in [2.45, 2.75) is 19.3 Å². The van der Waals surface area contributed by atoms with E-state index in [9.17, 15) is 0 Å². The van der Waals surface area contributed by atoms with Crippen LogP contribution in [0.15, 0.2) is 0 Å². The molecule has 2 nitrogen and oxygen atoms in total. The molecule has 0 spiro atoms. The normalized spacial score (nSPS) is 48.5. The SMILES string of the molecule is NC[C@H]1[C@@H]2CC[C@@H](C2)[C@@H]1CN. The Morgan fingerprint density at radius 3 is 1.73 bits per heavy atom. The van der Waals surface area contributed by atoms with Crippen LogP contribution in [0.25, 0.3) is 0 Å². The highest BCUT2D eigenvalue weighted by molar-refractivity contribution is 4.96. The van der Waals surface area contributed by atoms with E-state index < -0.39 is 0 Å². The van der Waals surface area contributed by atoms with Crippen molar-refractivity contribution >= 4 is 0 Å². The summed E-state index contributed by atoms with van der Waals surface area (Å²) in [5.74, 6) is 3.38. The molecular formula is C9H18N2. The van der Waals surface area contributed by atoms with E-state index in [1.807, 2.05) is 0 Å². The van der Waals surface area contributed by atoms with Crippen LogP contribution in [0.1, 0.15) is 19.3 Å². The molecule has 2 saturated carbocycles. The molecule has 0 saturated heterocycles. The van der Waals surface area contributed by atoms with E-state index >= 15 is 0 Å². The molecule has 2 bridgehead atoms. The van der Waals surface area contributed by atoms with E-state index in [0.29, 0.717) is 0 Å². The zero-order valence-corrected chi connectivity index (χ0v) is 7.00. The Balaban J connectivity index is 2.08. The summed E-state index contributed by atoms with van der Waals surface area (Å²) in [7, 11) is 0. The summed E-state index contributed by atoms with van der Waals surface area (Å²) in [5, 5.41) is 0. The van der Waals surface area contributed by atoms with Crippen molar-refractivity contribution in [3.8, 4) is 0 Å². The monoisotopic (exact) mass is 154 g/mol. The second-order valence-corrected chi connectivity index (χ2v) is 4.13. The summed E-state index contributed by atoms with van der Waals surface area (Å²) < 4.78 is 0. The predicted molar refractivity (Wildman–Crippen MR) is 45.9 cm³/mol. The zero-order valence-electron chi connectivity index (χ0n) is 7.00. The molecule has 0 aliphatic heterocycles. The Bertz CT molecular complexity index is 130. The summed E-state index contributed by atoms with van der Waals surface area (Å²) >= 11 is 0. The molecule has 0 radical (unpaired) electrons. The molecule has 2 fully saturated rings. The molecule has 0 heterocycles. The molecule has 2 heteroatoms. The van der Waals surface area contributed by atoms with Crippen molar-refractivity contribution in [1.82, 2.24) is 0 Å². The third-order valence-electron chi connectivity index (χ3n) is 3.82. The van der Waals surface area contributed by atoms with Gasteiger partial charge in [-0.1, -0.05) is 0 Å². The van der Waals surface area contributed by atoms with Gasteiger partial charge >= 0.3 is 0 Å². The number of fused-ring (bicyclic) bond motifs is 2. The molecule has 64 valence electrons. The molecule has 0 aromatic heterocycles. The first kappa shape index (κ1) is 7.56. The van der Waals surface area contributed by atoms with Gasteiger partial charge in [0.25, 0.3) is 0 Å². The van der Waals surface area contributed by atoms with Crippen LogP contribution in [0.2, 0.25) is 0 Å². The molecule has 4 atom stereocenters. The fraction of sp³-hybridized carbons (Fsp3) is 1.00. The van der Waals surface area contributed by atoms with Gasteiger partial charge in [0.1, 0.15) is 0 Å². The van der Waals surface area contributed by atoms with Crippen LogP contribution in [0.3, 0.4) is 0 Å². The Hall–Kier alpha value is -0.0800. The summed E-state index contributed by atoms with van der Waals surface area (Å²) in [6.45, 7) is 1.73. The maximum Gasteiger partial charge on any atom is -0.00430 e. The molecule has 2 rings (SSSR count). The van der Waals surface area contributed by atoms with Crippen LogP contribution < -0.4 is 11.5 Å². The third-order valence-corrected chi connectivity index (χ3v) is 3.82. The Morgan fingerprint density at radius 1 is 0.909 bits per heavy atom. The lowest BCUT2D eigenvalue weighted by molar-refractivity contribution is 0.234. The molecule has 2 aliphatic carbocycles. The zero-order chi connectivity index (χ0) is 7.84.